The van der Waals surface area contributed by atoms with Gasteiger partial charge in [0.05, 0.1) is 6.33 Å². The van der Waals surface area contributed by atoms with Gasteiger partial charge in [-0.05, 0) is 30.7 Å². The molecular weight excluding hydrogens is 290 g/mol. The first-order valence-corrected chi connectivity index (χ1v) is 7.21. The summed E-state index contributed by atoms with van der Waals surface area (Å²) in [6, 6.07) is 5.42. The molecule has 0 radical (unpaired) electrons. The van der Waals surface area contributed by atoms with Crippen LogP contribution in [0.1, 0.15) is 12.5 Å². The van der Waals surface area contributed by atoms with Gasteiger partial charge in [-0.25, -0.2) is 4.98 Å². The van der Waals surface area contributed by atoms with E-state index in [0.717, 1.165) is 11.3 Å². The molecule has 1 aromatic carbocycles. The molecule has 2 aromatic rings. The van der Waals surface area contributed by atoms with Gasteiger partial charge in [0, 0.05) is 36.4 Å². The Hall–Kier alpha value is -2.01. The molecular formula is C15H16ClN3O2. The number of amides is 1. The van der Waals surface area contributed by atoms with E-state index in [1.165, 1.54) is 0 Å². The maximum Gasteiger partial charge on any atom is 0.261 e. The predicted octanol–water partition coefficient (Wildman–Crippen LogP) is 2.04. The Balaban J connectivity index is 1.57. The number of imidazole rings is 1. The van der Waals surface area contributed by atoms with Crippen molar-refractivity contribution < 1.29 is 9.53 Å². The Morgan fingerprint density at radius 3 is 3.24 bits per heavy atom. The highest BCUT2D eigenvalue weighted by molar-refractivity contribution is 6.30. The van der Waals surface area contributed by atoms with Gasteiger partial charge in [-0.1, -0.05) is 11.6 Å². The third-order valence-corrected chi connectivity index (χ3v) is 3.66. The van der Waals surface area contributed by atoms with Crippen LogP contribution < -0.4 is 10.1 Å². The zero-order valence-corrected chi connectivity index (χ0v) is 12.4. The quantitative estimate of drug-likeness (QED) is 0.940. The number of nitrogens with one attached hydrogen (secondary N) is 1. The summed E-state index contributed by atoms with van der Waals surface area (Å²) in [5, 5.41) is 3.62. The first-order chi connectivity index (χ1) is 10.1. The second kappa shape index (κ2) is 5.77. The van der Waals surface area contributed by atoms with Crippen molar-refractivity contribution in [3.8, 4) is 5.75 Å². The van der Waals surface area contributed by atoms with E-state index in [2.05, 4.69) is 10.3 Å². The Morgan fingerprint density at radius 1 is 1.62 bits per heavy atom. The summed E-state index contributed by atoms with van der Waals surface area (Å²) < 4.78 is 7.60. The minimum absolute atomic E-state index is 0.00241. The lowest BCUT2D eigenvalue weighted by Gasteiger charge is -2.17. The van der Waals surface area contributed by atoms with Gasteiger partial charge in [0.25, 0.3) is 5.91 Å². The van der Waals surface area contributed by atoms with Crippen LogP contribution in [0.5, 0.6) is 5.75 Å². The van der Waals surface area contributed by atoms with Crippen molar-refractivity contribution in [2.45, 2.75) is 32.0 Å². The SMILES string of the molecule is C[C@H](Cn1ccnc1)NC(=O)[C@H]1Cc2cc(Cl)ccc2O1. The van der Waals surface area contributed by atoms with Crippen LogP contribution in [0, 0.1) is 0 Å². The lowest BCUT2D eigenvalue weighted by Crippen LogP contribution is -2.43. The molecule has 0 spiro atoms. The number of hydrogen-bond donors (Lipinski definition) is 1. The zero-order chi connectivity index (χ0) is 14.8. The van der Waals surface area contributed by atoms with Gasteiger partial charge in [0.1, 0.15) is 5.75 Å². The summed E-state index contributed by atoms with van der Waals surface area (Å²) in [6.45, 7) is 2.63. The van der Waals surface area contributed by atoms with Crippen LogP contribution in [0.15, 0.2) is 36.9 Å². The Labute approximate surface area is 127 Å². The minimum Gasteiger partial charge on any atom is -0.480 e. The Morgan fingerprint density at radius 2 is 2.48 bits per heavy atom. The van der Waals surface area contributed by atoms with Gasteiger partial charge in [-0.3, -0.25) is 4.79 Å². The minimum atomic E-state index is -0.483. The second-order valence-corrected chi connectivity index (χ2v) is 5.67. The average molecular weight is 306 g/mol. The van der Waals surface area contributed by atoms with Gasteiger partial charge < -0.3 is 14.6 Å². The van der Waals surface area contributed by atoms with Crippen LogP contribution in [0.4, 0.5) is 0 Å². The molecule has 5 nitrogen and oxygen atoms in total. The van der Waals surface area contributed by atoms with Crippen molar-refractivity contribution in [1.29, 1.82) is 0 Å². The largest absolute Gasteiger partial charge is 0.480 e. The van der Waals surface area contributed by atoms with Gasteiger partial charge >= 0.3 is 0 Å². The molecule has 2 heterocycles. The molecule has 0 saturated carbocycles. The number of carbonyl (C=O) groups is 1. The lowest BCUT2D eigenvalue weighted by atomic mass is 10.1. The third-order valence-electron chi connectivity index (χ3n) is 3.42. The number of rotatable bonds is 4. The number of fused-ring (bicyclic) bond motifs is 1. The highest BCUT2D eigenvalue weighted by Gasteiger charge is 2.29. The normalized spacial score (nSPS) is 17.9. The highest BCUT2D eigenvalue weighted by Crippen LogP contribution is 2.31. The Bertz CT molecular complexity index is 642. The van der Waals surface area contributed by atoms with Crippen LogP contribution in [0.3, 0.4) is 0 Å². The van der Waals surface area contributed by atoms with Crippen molar-refractivity contribution in [2.24, 2.45) is 0 Å². The molecule has 1 N–H and O–H groups in total. The van der Waals surface area contributed by atoms with E-state index in [-0.39, 0.29) is 11.9 Å². The van der Waals surface area contributed by atoms with E-state index in [9.17, 15) is 4.79 Å². The third kappa shape index (κ3) is 3.19. The molecule has 0 saturated heterocycles. The van der Waals surface area contributed by atoms with Crippen molar-refractivity contribution in [1.82, 2.24) is 14.9 Å². The summed E-state index contributed by atoms with van der Waals surface area (Å²) in [4.78, 5) is 16.2. The smallest absolute Gasteiger partial charge is 0.261 e. The van der Waals surface area contributed by atoms with Crippen molar-refractivity contribution in [3.63, 3.8) is 0 Å². The highest BCUT2D eigenvalue weighted by atomic mass is 35.5. The number of carbonyl (C=O) groups excluding carboxylic acids is 1. The summed E-state index contributed by atoms with van der Waals surface area (Å²) >= 11 is 5.95. The molecule has 1 aliphatic heterocycles. The standard InChI is InChI=1S/C15H16ClN3O2/c1-10(8-19-5-4-17-9-19)18-15(20)14-7-11-6-12(16)2-3-13(11)21-14/h2-6,9-10,14H,7-8H2,1H3,(H,18,20)/t10-,14-/m1/s1. The predicted molar refractivity (Wildman–Crippen MR) is 79.4 cm³/mol. The summed E-state index contributed by atoms with van der Waals surface area (Å²) in [7, 11) is 0. The van der Waals surface area contributed by atoms with Crippen LogP contribution >= 0.6 is 11.6 Å². The van der Waals surface area contributed by atoms with Crippen molar-refractivity contribution in [3.05, 3.63) is 47.5 Å². The monoisotopic (exact) mass is 305 g/mol. The number of aromatic nitrogens is 2. The molecule has 1 aliphatic rings. The van der Waals surface area contributed by atoms with E-state index < -0.39 is 6.10 Å². The first-order valence-electron chi connectivity index (χ1n) is 6.83. The second-order valence-electron chi connectivity index (χ2n) is 5.23. The van der Waals surface area contributed by atoms with Gasteiger partial charge in [0.15, 0.2) is 6.10 Å². The summed E-state index contributed by atoms with van der Waals surface area (Å²) in [6.07, 6.45) is 5.39. The van der Waals surface area contributed by atoms with E-state index >= 15 is 0 Å². The summed E-state index contributed by atoms with van der Waals surface area (Å²) in [5.74, 6) is 0.636. The molecule has 0 unspecified atom stereocenters. The molecule has 1 aromatic heterocycles. The maximum absolute atomic E-state index is 12.2. The number of ether oxygens (including phenoxy) is 1. The van der Waals surface area contributed by atoms with Gasteiger partial charge in [0.2, 0.25) is 0 Å². The van der Waals surface area contributed by atoms with Crippen LogP contribution in [-0.2, 0) is 17.8 Å². The van der Waals surface area contributed by atoms with Crippen molar-refractivity contribution >= 4 is 17.5 Å². The first kappa shape index (κ1) is 13.9. The van der Waals surface area contributed by atoms with E-state index in [0.29, 0.717) is 18.0 Å². The molecule has 6 heteroatoms. The maximum atomic E-state index is 12.2. The molecule has 110 valence electrons. The van der Waals surface area contributed by atoms with E-state index in [1.807, 2.05) is 23.8 Å². The molecule has 0 aliphatic carbocycles. The van der Waals surface area contributed by atoms with Crippen molar-refractivity contribution in [2.75, 3.05) is 0 Å². The number of halogens is 1. The van der Waals surface area contributed by atoms with Crippen LogP contribution in [0.25, 0.3) is 0 Å². The number of benzene rings is 1. The number of hydrogen-bond acceptors (Lipinski definition) is 3. The molecule has 21 heavy (non-hydrogen) atoms. The zero-order valence-electron chi connectivity index (χ0n) is 11.6. The molecule has 0 fully saturated rings. The molecule has 2 atom stereocenters. The Kier molecular flexibility index (Phi) is 3.84. The molecule has 0 bridgehead atoms. The van der Waals surface area contributed by atoms with E-state index in [1.54, 1.807) is 24.7 Å². The lowest BCUT2D eigenvalue weighted by molar-refractivity contribution is -0.127. The fourth-order valence-corrected chi connectivity index (χ4v) is 2.65. The van der Waals surface area contributed by atoms with Crippen LogP contribution in [-0.4, -0.2) is 27.6 Å². The number of nitrogens with zero attached hydrogens (tertiary/aromatic N) is 2. The van der Waals surface area contributed by atoms with Gasteiger partial charge in [-0.15, -0.1) is 0 Å². The fraction of sp³-hybridized carbons (Fsp3) is 0.333. The fourth-order valence-electron chi connectivity index (χ4n) is 2.46. The summed E-state index contributed by atoms with van der Waals surface area (Å²) in [5.41, 5.74) is 0.977. The van der Waals surface area contributed by atoms with Crippen LogP contribution in [0.2, 0.25) is 5.02 Å². The van der Waals surface area contributed by atoms with E-state index in [4.69, 9.17) is 16.3 Å². The molecule has 1 amide bonds. The van der Waals surface area contributed by atoms with Gasteiger partial charge in [-0.2, -0.15) is 0 Å². The molecule has 3 rings (SSSR count). The average Bonchev–Trinajstić information content (AvgIpc) is 3.06. The topological polar surface area (TPSA) is 56.2 Å².